The molecule has 0 unspecified atom stereocenters. The number of rotatable bonds is 2. The average molecular weight is 181 g/mol. The van der Waals surface area contributed by atoms with Gasteiger partial charge in [-0.05, 0) is 29.7 Å². The highest BCUT2D eigenvalue weighted by atomic mass is 16.1. The first-order chi connectivity index (χ1) is 6.13. The number of Topliss-reactive ketones (excluding diaryl/α,β-unsaturated/α-hetero) is 1. The molecule has 0 saturated heterocycles. The first-order valence-electron chi connectivity index (χ1n) is 4.19. The van der Waals surface area contributed by atoms with Gasteiger partial charge in [-0.15, -0.1) is 5.10 Å². The highest BCUT2D eigenvalue weighted by molar-refractivity contribution is 6.00. The Morgan fingerprint density at radius 3 is 2.69 bits per heavy atom. The quantitative estimate of drug-likeness (QED) is 0.608. The molecular weight excluding hydrogens is 170 g/mol. The summed E-state index contributed by atoms with van der Waals surface area (Å²) in [6, 6.07) is 0. The Bertz CT molecular complexity index is 340. The molecule has 1 fully saturated rings. The van der Waals surface area contributed by atoms with E-state index in [1.165, 1.54) is 4.68 Å². The number of carbonyl (C=O) groups excluding carboxylic acids is 1. The summed E-state index contributed by atoms with van der Waals surface area (Å²) in [6.07, 6.45) is 2.48. The van der Waals surface area contributed by atoms with Crippen LogP contribution in [0.2, 0.25) is 0 Å². The lowest BCUT2D eigenvalue weighted by molar-refractivity contribution is 0.0784. The molecule has 1 aromatic heterocycles. The maximum absolute atomic E-state index is 11.7. The lowest BCUT2D eigenvalue weighted by Gasteiger charge is -2.35. The smallest absolute Gasteiger partial charge is 0.221 e. The number of nitrogens with zero attached hydrogens (tertiary/aromatic N) is 4. The van der Waals surface area contributed by atoms with Crippen LogP contribution >= 0.6 is 0 Å². The molecule has 13 heavy (non-hydrogen) atoms. The summed E-state index contributed by atoms with van der Waals surface area (Å²) in [4.78, 5) is 11.7. The van der Waals surface area contributed by atoms with E-state index < -0.39 is 5.54 Å². The van der Waals surface area contributed by atoms with Gasteiger partial charge >= 0.3 is 0 Å². The Balaban J connectivity index is 2.27. The van der Waals surface area contributed by atoms with Crippen molar-refractivity contribution in [3.63, 3.8) is 0 Å². The number of aromatic nitrogens is 4. The number of tetrazole rings is 1. The minimum absolute atomic E-state index is 0.147. The summed E-state index contributed by atoms with van der Waals surface area (Å²) in [7, 11) is 1.63. The molecule has 6 nitrogen and oxygen atoms in total. The fourth-order valence-electron chi connectivity index (χ4n) is 1.43. The van der Waals surface area contributed by atoms with Crippen LogP contribution in [0, 0.1) is 0 Å². The van der Waals surface area contributed by atoms with Gasteiger partial charge in [-0.25, -0.2) is 4.68 Å². The second-order valence-electron chi connectivity index (χ2n) is 3.46. The van der Waals surface area contributed by atoms with Crippen molar-refractivity contribution in [1.82, 2.24) is 20.2 Å². The maximum Gasteiger partial charge on any atom is 0.221 e. The van der Waals surface area contributed by atoms with E-state index in [4.69, 9.17) is 5.73 Å². The highest BCUT2D eigenvalue weighted by Gasteiger charge is 2.42. The van der Waals surface area contributed by atoms with Crippen molar-refractivity contribution in [3.8, 4) is 0 Å². The van der Waals surface area contributed by atoms with E-state index in [2.05, 4.69) is 15.5 Å². The largest absolute Gasteiger partial charge is 0.319 e. The molecular formula is C7H11N5O. The van der Waals surface area contributed by atoms with Crippen LogP contribution in [0.4, 0.5) is 0 Å². The van der Waals surface area contributed by atoms with Crippen LogP contribution in [0.15, 0.2) is 0 Å². The second kappa shape index (κ2) is 2.59. The number of hydrogen-bond donors (Lipinski definition) is 1. The zero-order valence-electron chi connectivity index (χ0n) is 7.40. The molecule has 1 aliphatic carbocycles. The zero-order valence-corrected chi connectivity index (χ0v) is 7.40. The standard InChI is InChI=1S/C7H11N5O/c1-12-6(9-10-11-12)5(13)7(8)3-2-4-7/h2-4,8H2,1H3. The average Bonchev–Trinajstić information content (AvgIpc) is 2.46. The van der Waals surface area contributed by atoms with Crippen molar-refractivity contribution in [2.45, 2.75) is 24.8 Å². The summed E-state index contributed by atoms with van der Waals surface area (Å²) in [5.41, 5.74) is 5.14. The van der Waals surface area contributed by atoms with E-state index in [9.17, 15) is 4.79 Å². The number of aryl methyl sites for hydroxylation is 1. The van der Waals surface area contributed by atoms with Crippen LogP contribution in [0.1, 0.15) is 29.9 Å². The number of nitrogens with two attached hydrogens (primary N) is 1. The maximum atomic E-state index is 11.7. The van der Waals surface area contributed by atoms with Gasteiger partial charge in [0.2, 0.25) is 11.6 Å². The van der Waals surface area contributed by atoms with Gasteiger partial charge in [0.15, 0.2) is 0 Å². The summed E-state index contributed by atoms with van der Waals surface area (Å²) < 4.78 is 1.36. The van der Waals surface area contributed by atoms with E-state index in [0.717, 1.165) is 19.3 Å². The predicted octanol–water partition coefficient (Wildman–Crippen LogP) is -0.726. The van der Waals surface area contributed by atoms with Crippen LogP contribution in [-0.2, 0) is 7.05 Å². The molecule has 0 radical (unpaired) electrons. The Labute approximate surface area is 75.1 Å². The lowest BCUT2D eigenvalue weighted by atomic mass is 9.74. The molecule has 1 aliphatic rings. The lowest BCUT2D eigenvalue weighted by Crippen LogP contribution is -2.54. The van der Waals surface area contributed by atoms with E-state index in [-0.39, 0.29) is 11.6 Å². The van der Waals surface area contributed by atoms with Gasteiger partial charge < -0.3 is 5.73 Å². The van der Waals surface area contributed by atoms with Gasteiger partial charge in [-0.2, -0.15) is 0 Å². The topological polar surface area (TPSA) is 86.7 Å². The van der Waals surface area contributed by atoms with Crippen molar-refractivity contribution in [2.75, 3.05) is 0 Å². The third kappa shape index (κ3) is 1.14. The first-order valence-corrected chi connectivity index (χ1v) is 4.19. The molecule has 0 atom stereocenters. The third-order valence-corrected chi connectivity index (χ3v) is 2.52. The first kappa shape index (κ1) is 8.31. The Morgan fingerprint density at radius 1 is 1.62 bits per heavy atom. The van der Waals surface area contributed by atoms with Gasteiger partial charge in [0.05, 0.1) is 5.54 Å². The molecule has 0 amide bonds. The van der Waals surface area contributed by atoms with Crippen LogP contribution in [-0.4, -0.2) is 31.5 Å². The van der Waals surface area contributed by atoms with Crippen molar-refractivity contribution < 1.29 is 4.79 Å². The summed E-state index contributed by atoms with van der Waals surface area (Å²) in [5.74, 6) is 0.105. The molecule has 0 spiro atoms. The fourth-order valence-corrected chi connectivity index (χ4v) is 1.43. The van der Waals surface area contributed by atoms with Crippen molar-refractivity contribution in [1.29, 1.82) is 0 Å². The highest BCUT2D eigenvalue weighted by Crippen LogP contribution is 2.31. The third-order valence-electron chi connectivity index (χ3n) is 2.52. The number of hydrogen-bond acceptors (Lipinski definition) is 5. The Kier molecular flexibility index (Phi) is 1.66. The van der Waals surface area contributed by atoms with Crippen LogP contribution in [0.5, 0.6) is 0 Å². The predicted molar refractivity (Wildman–Crippen MR) is 43.9 cm³/mol. The van der Waals surface area contributed by atoms with E-state index in [1.54, 1.807) is 7.05 Å². The van der Waals surface area contributed by atoms with Gasteiger partial charge in [0.1, 0.15) is 0 Å². The molecule has 0 aromatic carbocycles. The Hall–Kier alpha value is -1.30. The second-order valence-corrected chi connectivity index (χ2v) is 3.46. The summed E-state index contributed by atoms with van der Waals surface area (Å²) in [5, 5.41) is 10.6. The molecule has 2 rings (SSSR count). The molecule has 0 bridgehead atoms. The molecule has 70 valence electrons. The molecule has 6 heteroatoms. The van der Waals surface area contributed by atoms with Gasteiger partial charge in [-0.3, -0.25) is 4.79 Å². The normalized spacial score (nSPS) is 19.5. The zero-order chi connectivity index (χ0) is 9.47. The van der Waals surface area contributed by atoms with E-state index in [1.807, 2.05) is 0 Å². The van der Waals surface area contributed by atoms with Gasteiger partial charge in [0.25, 0.3) is 0 Å². The summed E-state index contributed by atoms with van der Waals surface area (Å²) >= 11 is 0. The van der Waals surface area contributed by atoms with E-state index >= 15 is 0 Å². The van der Waals surface area contributed by atoms with Crippen molar-refractivity contribution >= 4 is 5.78 Å². The number of ketones is 1. The Morgan fingerprint density at radius 2 is 2.31 bits per heavy atom. The molecule has 2 N–H and O–H groups in total. The monoisotopic (exact) mass is 181 g/mol. The fraction of sp³-hybridized carbons (Fsp3) is 0.714. The van der Waals surface area contributed by atoms with Crippen molar-refractivity contribution in [3.05, 3.63) is 5.82 Å². The molecule has 0 aliphatic heterocycles. The van der Waals surface area contributed by atoms with E-state index in [0.29, 0.717) is 0 Å². The van der Waals surface area contributed by atoms with Crippen LogP contribution < -0.4 is 5.73 Å². The SMILES string of the molecule is Cn1nnnc1C(=O)C1(N)CCC1. The van der Waals surface area contributed by atoms with Crippen LogP contribution in [0.25, 0.3) is 0 Å². The molecule has 1 aromatic rings. The molecule has 1 saturated carbocycles. The minimum atomic E-state index is -0.706. The van der Waals surface area contributed by atoms with Crippen molar-refractivity contribution in [2.24, 2.45) is 12.8 Å². The minimum Gasteiger partial charge on any atom is -0.319 e. The number of carbonyl (C=O) groups is 1. The molecule has 1 heterocycles. The van der Waals surface area contributed by atoms with Gasteiger partial charge in [-0.1, -0.05) is 0 Å². The van der Waals surface area contributed by atoms with Gasteiger partial charge in [0, 0.05) is 7.05 Å². The summed E-state index contributed by atoms with van der Waals surface area (Å²) in [6.45, 7) is 0. The van der Waals surface area contributed by atoms with Crippen LogP contribution in [0.3, 0.4) is 0 Å².